The molecule has 0 amide bonds. The summed E-state index contributed by atoms with van der Waals surface area (Å²) in [5.41, 5.74) is 1.03. The summed E-state index contributed by atoms with van der Waals surface area (Å²) in [7, 11) is 0. The summed E-state index contributed by atoms with van der Waals surface area (Å²) in [6, 6.07) is 0. The SMILES string of the molecule is C=CC1=[C-]O[C@@H]([C@H]2COC(C)(C)O2)CC1.[C-]#[O+].[C-]#[O+].[C-]#[O+].[CH]1[CH][CH][CH][CH]1.[W+2]. The molecule has 6 nitrogen and oxygen atoms in total. The Morgan fingerprint density at radius 2 is 1.52 bits per heavy atom. The maximum atomic E-state index is 7.50. The molecule has 0 unspecified atom stereocenters. The smallest absolute Gasteiger partial charge is 0.0312 e. The largest absolute Gasteiger partial charge is 2.00 e. The number of rotatable bonds is 2. The van der Waals surface area contributed by atoms with Gasteiger partial charge in [0.2, 0.25) is 0 Å². The van der Waals surface area contributed by atoms with Crippen molar-refractivity contribution in [3.05, 3.63) is 76.5 Å². The number of hydrogen-bond donors (Lipinski definition) is 0. The van der Waals surface area contributed by atoms with Gasteiger partial charge in [-0.05, 0) is 52.4 Å². The van der Waals surface area contributed by atoms with Crippen LogP contribution in [0.2, 0.25) is 0 Å². The van der Waals surface area contributed by atoms with Crippen molar-refractivity contribution < 1.29 is 49.2 Å². The third-order valence-electron chi connectivity index (χ3n) is 3.29. The van der Waals surface area contributed by atoms with Crippen molar-refractivity contribution in [3.63, 3.8) is 0 Å². The average molecular weight is 542 g/mol. The summed E-state index contributed by atoms with van der Waals surface area (Å²) < 4.78 is 39.2. The van der Waals surface area contributed by atoms with Crippen molar-refractivity contribution in [3.8, 4) is 0 Å². The van der Waals surface area contributed by atoms with Gasteiger partial charge in [-0.2, -0.15) is 12.2 Å². The maximum Gasteiger partial charge on any atom is 2.00 e. The van der Waals surface area contributed by atoms with E-state index in [1.807, 2.05) is 46.0 Å². The molecule has 0 bridgehead atoms. The predicted molar refractivity (Wildman–Crippen MR) is 89.3 cm³/mol. The van der Waals surface area contributed by atoms with E-state index in [1.54, 1.807) is 6.08 Å². The van der Waals surface area contributed by atoms with Gasteiger partial charge in [-0.3, -0.25) is 0 Å². The minimum Gasteiger partial charge on any atom is -0.0312 e. The Kier molecular flexibility index (Phi) is 22.7. The van der Waals surface area contributed by atoms with E-state index in [4.69, 9.17) is 28.2 Å². The van der Waals surface area contributed by atoms with Crippen molar-refractivity contribution in [2.75, 3.05) is 6.61 Å². The van der Waals surface area contributed by atoms with Gasteiger partial charge in [-0.25, -0.2) is 6.08 Å². The van der Waals surface area contributed by atoms with Gasteiger partial charge >= 0.3 is 55.0 Å². The van der Waals surface area contributed by atoms with Crippen molar-refractivity contribution in [2.45, 2.75) is 44.7 Å². The summed E-state index contributed by atoms with van der Waals surface area (Å²) in [5, 5.41) is 0. The van der Waals surface area contributed by atoms with E-state index in [0.717, 1.165) is 18.4 Å². The molecule has 1 saturated heterocycles. The first-order valence-corrected chi connectivity index (χ1v) is 7.60. The standard InChI is InChI=1S/C12H17O3.C5H5.3CO.W/c1-4-9-5-6-10(13-7-9)11-8-14-12(2,3)15-11;1-2-4-5-3-1;3*1-2;/h4,10-11H,1,5-6,8H2,2-3H3;1-5H;;;;/q-1;;;;;+2/t10-,11-;;;;;/m1...../s1. The quantitative estimate of drug-likeness (QED) is 0.397. The van der Waals surface area contributed by atoms with E-state index >= 15 is 0 Å². The molecule has 3 aliphatic rings. The fourth-order valence-electron chi connectivity index (χ4n) is 2.18. The first-order valence-electron chi connectivity index (χ1n) is 7.60. The van der Waals surface area contributed by atoms with E-state index in [9.17, 15) is 0 Å². The van der Waals surface area contributed by atoms with Gasteiger partial charge in [0.1, 0.15) is 12.2 Å². The molecule has 2 atom stereocenters. The van der Waals surface area contributed by atoms with E-state index in [-0.39, 0.29) is 33.3 Å². The second kappa shape index (κ2) is 19.9. The summed E-state index contributed by atoms with van der Waals surface area (Å²) in [4.78, 5) is 0. The normalized spacial score (nSPS) is 23.8. The van der Waals surface area contributed by atoms with Crippen LogP contribution in [0.3, 0.4) is 0 Å². The molecule has 0 aromatic heterocycles. The van der Waals surface area contributed by atoms with Gasteiger partial charge in [-0.1, -0.05) is 12.7 Å². The second-order valence-electron chi connectivity index (χ2n) is 5.36. The zero-order valence-corrected chi connectivity index (χ0v) is 18.2. The fraction of sp³-hybridized carbons (Fsp3) is 0.400. The molecule has 7 heteroatoms. The Hall–Kier alpha value is -0.892. The number of hydrogen-bond acceptors (Lipinski definition) is 3. The van der Waals surface area contributed by atoms with Crippen LogP contribution in [0.25, 0.3) is 0 Å². The van der Waals surface area contributed by atoms with Crippen molar-refractivity contribution in [2.24, 2.45) is 0 Å². The predicted octanol–water partition coefficient (Wildman–Crippen LogP) is 3.10. The van der Waals surface area contributed by atoms with Gasteiger partial charge in [0.25, 0.3) is 0 Å². The van der Waals surface area contributed by atoms with Gasteiger partial charge < -0.3 is 14.2 Å². The molecule has 2 heterocycles. The molecule has 0 aromatic carbocycles. The molecule has 2 fully saturated rings. The molecule has 0 N–H and O–H groups in total. The van der Waals surface area contributed by atoms with E-state index in [1.165, 1.54) is 0 Å². The zero-order chi connectivity index (χ0) is 20.4. The second-order valence-corrected chi connectivity index (χ2v) is 5.36. The Balaban J connectivity index is -0.000000403. The first kappa shape index (κ1) is 30.8. The molecule has 0 aromatic rings. The van der Waals surface area contributed by atoms with Crippen LogP contribution in [0.1, 0.15) is 26.7 Å². The summed E-state index contributed by atoms with van der Waals surface area (Å²) >= 11 is 0. The van der Waals surface area contributed by atoms with Crippen LogP contribution >= 0.6 is 0 Å². The third kappa shape index (κ3) is 13.9. The topological polar surface area (TPSA) is 87.4 Å². The summed E-state index contributed by atoms with van der Waals surface area (Å²) in [6.07, 6.45) is 16.7. The monoisotopic (exact) mass is 542 g/mol. The Morgan fingerprint density at radius 3 is 1.81 bits per heavy atom. The molecule has 143 valence electrons. The van der Waals surface area contributed by atoms with Crippen molar-refractivity contribution in [1.82, 2.24) is 0 Å². The van der Waals surface area contributed by atoms with Gasteiger partial charge in [0.15, 0.2) is 5.79 Å². The van der Waals surface area contributed by atoms with Crippen molar-refractivity contribution >= 4 is 0 Å². The fourth-order valence-corrected chi connectivity index (χ4v) is 2.18. The van der Waals surface area contributed by atoms with Crippen molar-refractivity contribution in [1.29, 1.82) is 0 Å². The average Bonchev–Trinajstić information content (AvgIpc) is 3.40. The van der Waals surface area contributed by atoms with E-state index in [0.29, 0.717) is 6.61 Å². The van der Waals surface area contributed by atoms with Crippen LogP contribution in [-0.4, -0.2) is 24.6 Å². The zero-order valence-electron chi connectivity index (χ0n) is 15.3. The van der Waals surface area contributed by atoms with Crippen LogP contribution < -0.4 is 0 Å². The molecule has 2 aliphatic heterocycles. The molecular weight excluding hydrogens is 520 g/mol. The summed E-state index contributed by atoms with van der Waals surface area (Å²) in [5.74, 6) is -0.476. The van der Waals surface area contributed by atoms with E-state index < -0.39 is 5.79 Å². The molecule has 3 rings (SSSR count). The minimum absolute atomic E-state index is 0. The number of ether oxygens (including phenoxy) is 3. The first-order chi connectivity index (χ1) is 12.6. The van der Waals surface area contributed by atoms with Gasteiger partial charge in [0.05, 0.1) is 6.61 Å². The Bertz CT molecular complexity index is 441. The van der Waals surface area contributed by atoms with Crippen LogP contribution in [0, 0.1) is 58.3 Å². The van der Waals surface area contributed by atoms with Gasteiger partial charge in [-0.15, -0.1) is 0 Å². The molecule has 5 radical (unpaired) electrons. The van der Waals surface area contributed by atoms with E-state index in [2.05, 4.69) is 32.8 Å². The Morgan fingerprint density at radius 1 is 1.04 bits per heavy atom. The van der Waals surface area contributed by atoms with Crippen LogP contribution in [0.5, 0.6) is 0 Å². The molecule has 1 aliphatic carbocycles. The van der Waals surface area contributed by atoms with Crippen LogP contribution in [-0.2, 0) is 49.2 Å². The molecular formula is C20H22O6W+. The molecule has 0 spiro atoms. The third-order valence-corrected chi connectivity index (χ3v) is 3.29. The van der Waals surface area contributed by atoms with Crippen LogP contribution in [0.4, 0.5) is 0 Å². The maximum absolute atomic E-state index is 7.50. The Labute approximate surface area is 177 Å². The van der Waals surface area contributed by atoms with Gasteiger partial charge in [0, 0.05) is 0 Å². The van der Waals surface area contributed by atoms with Crippen LogP contribution in [0.15, 0.2) is 18.2 Å². The summed E-state index contributed by atoms with van der Waals surface area (Å²) in [6.45, 7) is 21.6. The number of allylic oxidation sites excluding steroid dienone is 2. The minimum atomic E-state index is -0.476. The molecule has 1 saturated carbocycles. The molecule has 27 heavy (non-hydrogen) atoms.